The van der Waals surface area contributed by atoms with Crippen molar-refractivity contribution >= 4 is 5.71 Å². The van der Waals surface area contributed by atoms with E-state index in [1.54, 1.807) is 13.0 Å². The summed E-state index contributed by atoms with van der Waals surface area (Å²) in [7, 11) is 0. The Bertz CT molecular complexity index is 111. The van der Waals surface area contributed by atoms with Crippen molar-refractivity contribution in [2.24, 2.45) is 5.16 Å². The highest BCUT2D eigenvalue weighted by Crippen LogP contribution is 1.78. The minimum atomic E-state index is 0.167. The van der Waals surface area contributed by atoms with Gasteiger partial charge in [0.05, 0.1) is 0 Å². The van der Waals surface area contributed by atoms with E-state index in [9.17, 15) is 0 Å². The van der Waals surface area contributed by atoms with Crippen LogP contribution in [-0.4, -0.2) is 10.9 Å². The Morgan fingerprint density at radius 1 is 2.00 bits per heavy atom. The number of hydrogen-bond acceptors (Lipinski definition) is 3. The van der Waals surface area contributed by atoms with Crippen molar-refractivity contribution < 1.29 is 5.21 Å². The van der Waals surface area contributed by atoms with Crippen LogP contribution in [0.2, 0.25) is 0 Å². The Morgan fingerprint density at radius 2 is 2.57 bits per heavy atom. The first kappa shape index (κ1) is 5.96. The topological polar surface area (TPSA) is 56.4 Å². The maximum absolute atomic E-state index is 7.99. The molecule has 7 heavy (non-hydrogen) atoms. The van der Waals surface area contributed by atoms with Gasteiger partial charge in [-0.3, -0.25) is 0 Å². The fraction of sp³-hybridized carbons (Fsp3) is 0.500. The summed E-state index contributed by atoms with van der Waals surface area (Å²) in [4.78, 5) is 0. The predicted octanol–water partition coefficient (Wildman–Crippen LogP) is 0.750. The van der Waals surface area contributed by atoms with Crippen LogP contribution in [0.5, 0.6) is 0 Å². The molecule has 0 amide bonds. The lowest BCUT2D eigenvalue weighted by atomic mass is 10.3. The van der Waals surface area contributed by atoms with Gasteiger partial charge in [-0.15, -0.1) is 0 Å². The fourth-order valence-electron chi connectivity index (χ4n) is 0.172. The van der Waals surface area contributed by atoms with Gasteiger partial charge in [0, 0.05) is 6.42 Å². The summed E-state index contributed by atoms with van der Waals surface area (Å²) >= 11 is 0. The van der Waals surface area contributed by atoms with E-state index in [0.29, 0.717) is 6.42 Å². The fourth-order valence-corrected chi connectivity index (χ4v) is 0.172. The van der Waals surface area contributed by atoms with E-state index in [1.165, 1.54) is 0 Å². The molecule has 0 bridgehead atoms. The lowest BCUT2D eigenvalue weighted by molar-refractivity contribution is 0.318. The Morgan fingerprint density at radius 3 is 2.57 bits per heavy atom. The third-order valence-electron chi connectivity index (χ3n) is 0.585. The maximum atomic E-state index is 7.99. The van der Waals surface area contributed by atoms with Gasteiger partial charge in [-0.1, -0.05) is 12.1 Å². The highest BCUT2D eigenvalue weighted by atomic mass is 16.4. The first-order valence-corrected chi connectivity index (χ1v) is 1.96. The highest BCUT2D eigenvalue weighted by molar-refractivity contribution is 5.97. The molecule has 0 atom stereocenters. The second-order valence-electron chi connectivity index (χ2n) is 1.01. The first-order valence-electron chi connectivity index (χ1n) is 1.96. The van der Waals surface area contributed by atoms with Crippen molar-refractivity contribution in [1.29, 1.82) is 5.26 Å². The molecule has 0 aliphatic heterocycles. The Kier molecular flexibility index (Phi) is 2.69. The lowest BCUT2D eigenvalue weighted by Crippen LogP contribution is -1.87. The van der Waals surface area contributed by atoms with Crippen LogP contribution in [0, 0.1) is 11.3 Å². The molecule has 0 fully saturated rings. The SMILES string of the molecule is CCC(C#N)=NO. The van der Waals surface area contributed by atoms with Gasteiger partial charge in [0.15, 0.2) is 5.71 Å². The number of rotatable bonds is 1. The molecule has 0 rings (SSSR count). The average molecular weight is 98.1 g/mol. The smallest absolute Gasteiger partial charge is 0.156 e. The van der Waals surface area contributed by atoms with Gasteiger partial charge in [-0.25, -0.2) is 0 Å². The van der Waals surface area contributed by atoms with E-state index >= 15 is 0 Å². The molecule has 3 heteroatoms. The zero-order chi connectivity index (χ0) is 5.70. The Balaban J connectivity index is 3.68. The van der Waals surface area contributed by atoms with Crippen LogP contribution in [0.4, 0.5) is 0 Å². The summed E-state index contributed by atoms with van der Waals surface area (Å²) in [5.74, 6) is 0. The van der Waals surface area contributed by atoms with E-state index in [0.717, 1.165) is 0 Å². The summed E-state index contributed by atoms with van der Waals surface area (Å²) in [6.45, 7) is 1.75. The van der Waals surface area contributed by atoms with Crippen LogP contribution in [0.1, 0.15) is 13.3 Å². The van der Waals surface area contributed by atoms with E-state index in [2.05, 4.69) is 5.16 Å². The van der Waals surface area contributed by atoms with Gasteiger partial charge in [-0.2, -0.15) is 5.26 Å². The molecule has 38 valence electrons. The van der Waals surface area contributed by atoms with Crippen LogP contribution in [-0.2, 0) is 0 Å². The molecule has 0 saturated carbocycles. The molecular formula is C4H6N2O. The molecule has 0 radical (unpaired) electrons. The van der Waals surface area contributed by atoms with Crippen LogP contribution >= 0.6 is 0 Å². The van der Waals surface area contributed by atoms with Gasteiger partial charge in [0.25, 0.3) is 0 Å². The zero-order valence-corrected chi connectivity index (χ0v) is 4.05. The van der Waals surface area contributed by atoms with Crippen LogP contribution in [0.3, 0.4) is 0 Å². The van der Waals surface area contributed by atoms with Crippen molar-refractivity contribution in [3.63, 3.8) is 0 Å². The molecule has 3 nitrogen and oxygen atoms in total. The summed E-state index contributed by atoms with van der Waals surface area (Å²) < 4.78 is 0. The van der Waals surface area contributed by atoms with Gasteiger partial charge in [0.2, 0.25) is 0 Å². The summed E-state index contributed by atoms with van der Waals surface area (Å²) in [5, 5.41) is 18.6. The normalized spacial score (nSPS) is 10.6. The van der Waals surface area contributed by atoms with Crippen molar-refractivity contribution in [3.8, 4) is 6.07 Å². The third-order valence-corrected chi connectivity index (χ3v) is 0.585. The average Bonchev–Trinajstić information content (AvgIpc) is 1.72. The summed E-state index contributed by atoms with van der Waals surface area (Å²) in [5.41, 5.74) is 0.167. The van der Waals surface area contributed by atoms with Crippen molar-refractivity contribution in [2.75, 3.05) is 0 Å². The molecule has 0 aromatic carbocycles. The van der Waals surface area contributed by atoms with Gasteiger partial charge < -0.3 is 5.21 Å². The minimum absolute atomic E-state index is 0.167. The Hall–Kier alpha value is -1.04. The second-order valence-corrected chi connectivity index (χ2v) is 1.01. The minimum Gasteiger partial charge on any atom is -0.410 e. The molecule has 0 aromatic rings. The number of hydrogen-bond donors (Lipinski definition) is 1. The van der Waals surface area contributed by atoms with Gasteiger partial charge in [-0.05, 0) is 0 Å². The van der Waals surface area contributed by atoms with Crippen molar-refractivity contribution in [3.05, 3.63) is 0 Å². The molecular weight excluding hydrogens is 92.1 g/mol. The summed E-state index contributed by atoms with van der Waals surface area (Å²) in [6, 6.07) is 1.70. The summed E-state index contributed by atoms with van der Waals surface area (Å²) in [6.07, 6.45) is 0.493. The van der Waals surface area contributed by atoms with E-state index < -0.39 is 0 Å². The van der Waals surface area contributed by atoms with Crippen LogP contribution in [0.25, 0.3) is 0 Å². The number of oxime groups is 1. The molecule has 0 unspecified atom stereocenters. The second kappa shape index (κ2) is 3.16. The third kappa shape index (κ3) is 1.77. The standard InChI is InChI=1S/C4H6N2O/c1-2-4(3-5)6-7/h7H,2H2,1H3. The first-order chi connectivity index (χ1) is 3.35. The van der Waals surface area contributed by atoms with E-state index in [-0.39, 0.29) is 5.71 Å². The molecule has 0 spiro atoms. The largest absolute Gasteiger partial charge is 0.410 e. The van der Waals surface area contributed by atoms with Gasteiger partial charge in [0.1, 0.15) is 6.07 Å². The molecule has 0 aliphatic rings. The Labute approximate surface area is 41.9 Å². The molecule has 0 saturated heterocycles. The monoisotopic (exact) mass is 98.0 g/mol. The maximum Gasteiger partial charge on any atom is 0.156 e. The van der Waals surface area contributed by atoms with Crippen molar-refractivity contribution in [2.45, 2.75) is 13.3 Å². The molecule has 0 heterocycles. The highest BCUT2D eigenvalue weighted by Gasteiger charge is 1.87. The number of nitriles is 1. The predicted molar refractivity (Wildman–Crippen MR) is 25.1 cm³/mol. The van der Waals surface area contributed by atoms with E-state index in [1.807, 2.05) is 0 Å². The number of nitrogens with zero attached hydrogens (tertiary/aromatic N) is 2. The van der Waals surface area contributed by atoms with E-state index in [4.69, 9.17) is 10.5 Å². The van der Waals surface area contributed by atoms with Crippen LogP contribution < -0.4 is 0 Å². The van der Waals surface area contributed by atoms with Crippen LogP contribution in [0.15, 0.2) is 5.16 Å². The molecule has 0 aromatic heterocycles. The van der Waals surface area contributed by atoms with Gasteiger partial charge >= 0.3 is 0 Å². The van der Waals surface area contributed by atoms with Crippen molar-refractivity contribution in [1.82, 2.24) is 0 Å². The lowest BCUT2D eigenvalue weighted by Gasteiger charge is -1.78. The quantitative estimate of drug-likeness (QED) is 0.299. The molecule has 1 N–H and O–H groups in total. The zero-order valence-electron chi connectivity index (χ0n) is 4.05. The molecule has 0 aliphatic carbocycles.